The number of hydrogen-bond acceptors (Lipinski definition) is 5. The molecular formula is C22H26N2O5S. The molecule has 0 unspecified atom stereocenters. The lowest BCUT2D eigenvalue weighted by Gasteiger charge is -2.32. The molecule has 0 saturated carbocycles. The van der Waals surface area contributed by atoms with Crippen molar-refractivity contribution in [3.8, 4) is 11.5 Å². The molecule has 160 valence electrons. The van der Waals surface area contributed by atoms with Crippen LogP contribution >= 0.6 is 0 Å². The van der Waals surface area contributed by atoms with Crippen LogP contribution in [-0.2, 0) is 21.2 Å². The summed E-state index contributed by atoms with van der Waals surface area (Å²) in [5, 5.41) is 0. The zero-order valence-electron chi connectivity index (χ0n) is 17.0. The number of amides is 1. The zero-order chi connectivity index (χ0) is 21.1. The number of anilines is 1. The van der Waals surface area contributed by atoms with Crippen LogP contribution in [0.4, 0.5) is 5.69 Å². The Morgan fingerprint density at radius 3 is 2.63 bits per heavy atom. The van der Waals surface area contributed by atoms with Crippen molar-refractivity contribution in [2.45, 2.75) is 43.6 Å². The first kappa shape index (κ1) is 20.5. The maximum absolute atomic E-state index is 12.9. The number of nitrogens with one attached hydrogen (secondary N) is 1. The van der Waals surface area contributed by atoms with Crippen molar-refractivity contribution in [2.75, 3.05) is 24.4 Å². The maximum Gasteiger partial charge on any atom is 0.267 e. The number of para-hydroxylation sites is 1. The molecule has 0 spiro atoms. The Morgan fingerprint density at radius 1 is 1.10 bits per heavy atom. The van der Waals surface area contributed by atoms with Crippen molar-refractivity contribution < 1.29 is 22.7 Å². The summed E-state index contributed by atoms with van der Waals surface area (Å²) in [5.74, 6) is 0.628. The Kier molecular flexibility index (Phi) is 5.85. The molecule has 4 rings (SSSR count). The summed E-state index contributed by atoms with van der Waals surface area (Å²) >= 11 is 0. The number of fused-ring (bicyclic) bond motifs is 1. The van der Waals surface area contributed by atoms with Gasteiger partial charge in [-0.25, -0.2) is 8.42 Å². The van der Waals surface area contributed by atoms with E-state index in [2.05, 4.69) is 4.72 Å². The molecule has 1 amide bonds. The molecule has 1 atom stereocenters. The van der Waals surface area contributed by atoms with Gasteiger partial charge in [0.25, 0.3) is 15.9 Å². The molecule has 0 aromatic heterocycles. The second-order valence-corrected chi connectivity index (χ2v) is 9.21. The van der Waals surface area contributed by atoms with Crippen LogP contribution in [0.3, 0.4) is 0 Å². The van der Waals surface area contributed by atoms with Crippen LogP contribution in [0.2, 0.25) is 0 Å². The summed E-state index contributed by atoms with van der Waals surface area (Å²) in [4.78, 5) is 14.6. The number of benzene rings is 2. The van der Waals surface area contributed by atoms with Crippen LogP contribution < -0.4 is 14.2 Å². The van der Waals surface area contributed by atoms with Gasteiger partial charge in [-0.1, -0.05) is 25.1 Å². The van der Waals surface area contributed by atoms with Crippen molar-refractivity contribution >= 4 is 21.6 Å². The predicted octanol–water partition coefficient (Wildman–Crippen LogP) is 3.20. The second-order valence-electron chi connectivity index (χ2n) is 7.53. The summed E-state index contributed by atoms with van der Waals surface area (Å²) in [5.41, 5.74) is 1.47. The van der Waals surface area contributed by atoms with Crippen LogP contribution in [0.1, 0.15) is 31.7 Å². The number of carbonyl (C=O) groups excluding carboxylic acids is 1. The summed E-state index contributed by atoms with van der Waals surface area (Å²) in [6.07, 6.45) is 3.17. The SMILES string of the molecule is CCc1ccccc1NS(=O)(=O)c1ccc2c(c1)OC[C@H](C(=O)N1CCCCC1)O2. The van der Waals surface area contributed by atoms with E-state index in [1.54, 1.807) is 18.2 Å². The Hall–Kier alpha value is -2.74. The van der Waals surface area contributed by atoms with Gasteiger partial charge in [-0.15, -0.1) is 0 Å². The van der Waals surface area contributed by atoms with Crippen molar-refractivity contribution in [3.05, 3.63) is 48.0 Å². The fourth-order valence-corrected chi connectivity index (χ4v) is 4.91. The van der Waals surface area contributed by atoms with Crippen molar-refractivity contribution in [1.82, 2.24) is 4.90 Å². The van der Waals surface area contributed by atoms with Gasteiger partial charge in [-0.3, -0.25) is 9.52 Å². The van der Waals surface area contributed by atoms with Crippen LogP contribution in [0, 0.1) is 0 Å². The molecule has 0 bridgehead atoms. The van der Waals surface area contributed by atoms with E-state index in [1.807, 2.05) is 24.0 Å². The molecule has 2 heterocycles. The Balaban J connectivity index is 1.50. The Morgan fingerprint density at radius 2 is 1.87 bits per heavy atom. The van der Waals surface area contributed by atoms with Gasteiger partial charge in [0.1, 0.15) is 6.61 Å². The molecule has 2 aliphatic heterocycles. The molecule has 8 heteroatoms. The third kappa shape index (κ3) is 4.23. The topological polar surface area (TPSA) is 84.9 Å². The number of nitrogens with zero attached hydrogens (tertiary/aromatic N) is 1. The lowest BCUT2D eigenvalue weighted by Crippen LogP contribution is -2.48. The lowest BCUT2D eigenvalue weighted by molar-refractivity contribution is -0.142. The van der Waals surface area contributed by atoms with Crippen LogP contribution in [-0.4, -0.2) is 45.0 Å². The Labute approximate surface area is 177 Å². The van der Waals surface area contributed by atoms with E-state index in [9.17, 15) is 13.2 Å². The molecule has 1 N–H and O–H groups in total. The highest BCUT2D eigenvalue weighted by molar-refractivity contribution is 7.92. The number of ether oxygens (including phenoxy) is 2. The molecule has 0 aliphatic carbocycles. The highest BCUT2D eigenvalue weighted by Gasteiger charge is 2.32. The molecule has 2 aromatic carbocycles. The molecule has 2 aliphatic rings. The highest BCUT2D eigenvalue weighted by atomic mass is 32.2. The fraction of sp³-hybridized carbons (Fsp3) is 0.409. The molecule has 0 radical (unpaired) electrons. The number of piperidine rings is 1. The van der Waals surface area contributed by atoms with Crippen LogP contribution in [0.25, 0.3) is 0 Å². The van der Waals surface area contributed by atoms with Gasteiger partial charge in [-0.2, -0.15) is 0 Å². The summed E-state index contributed by atoms with van der Waals surface area (Å²) < 4.78 is 39.9. The van der Waals surface area contributed by atoms with Gasteiger partial charge in [0, 0.05) is 19.2 Å². The van der Waals surface area contributed by atoms with Crippen molar-refractivity contribution in [2.24, 2.45) is 0 Å². The second kappa shape index (κ2) is 8.55. The van der Waals surface area contributed by atoms with Gasteiger partial charge in [-0.05, 0) is 49.4 Å². The van der Waals surface area contributed by atoms with E-state index in [1.165, 1.54) is 12.1 Å². The number of aryl methyl sites for hydroxylation is 1. The van der Waals surface area contributed by atoms with Gasteiger partial charge in [0.05, 0.1) is 10.6 Å². The van der Waals surface area contributed by atoms with E-state index in [0.29, 0.717) is 23.6 Å². The molecule has 30 heavy (non-hydrogen) atoms. The van der Waals surface area contributed by atoms with Crippen molar-refractivity contribution in [3.63, 3.8) is 0 Å². The lowest BCUT2D eigenvalue weighted by atomic mass is 10.1. The third-order valence-electron chi connectivity index (χ3n) is 5.47. The maximum atomic E-state index is 12.9. The molecule has 1 saturated heterocycles. The average Bonchev–Trinajstić information content (AvgIpc) is 2.78. The van der Waals surface area contributed by atoms with Gasteiger partial charge in [0.15, 0.2) is 11.5 Å². The number of rotatable bonds is 5. The van der Waals surface area contributed by atoms with Crippen molar-refractivity contribution in [1.29, 1.82) is 0 Å². The number of sulfonamides is 1. The fourth-order valence-electron chi connectivity index (χ4n) is 3.79. The molecule has 1 fully saturated rings. The Bertz CT molecular complexity index is 1030. The monoisotopic (exact) mass is 430 g/mol. The minimum Gasteiger partial charge on any atom is -0.485 e. The quantitative estimate of drug-likeness (QED) is 0.787. The zero-order valence-corrected chi connectivity index (χ0v) is 17.8. The van der Waals surface area contributed by atoms with E-state index in [4.69, 9.17) is 9.47 Å². The van der Waals surface area contributed by atoms with E-state index in [0.717, 1.165) is 37.9 Å². The minimum atomic E-state index is -3.79. The van der Waals surface area contributed by atoms with Gasteiger partial charge in [0.2, 0.25) is 6.10 Å². The van der Waals surface area contributed by atoms with Crippen LogP contribution in [0.5, 0.6) is 11.5 Å². The first-order valence-electron chi connectivity index (χ1n) is 10.3. The number of carbonyl (C=O) groups is 1. The summed E-state index contributed by atoms with van der Waals surface area (Å²) in [6.45, 7) is 3.53. The van der Waals surface area contributed by atoms with Gasteiger partial charge >= 0.3 is 0 Å². The molecule has 2 aromatic rings. The normalized spacial score (nSPS) is 18.7. The highest BCUT2D eigenvalue weighted by Crippen LogP contribution is 2.35. The largest absolute Gasteiger partial charge is 0.485 e. The van der Waals surface area contributed by atoms with E-state index >= 15 is 0 Å². The third-order valence-corrected chi connectivity index (χ3v) is 6.83. The first-order chi connectivity index (χ1) is 14.5. The first-order valence-corrected chi connectivity index (χ1v) is 11.8. The van der Waals surface area contributed by atoms with E-state index < -0.39 is 16.1 Å². The van der Waals surface area contributed by atoms with E-state index in [-0.39, 0.29) is 17.4 Å². The molecule has 7 nitrogen and oxygen atoms in total. The van der Waals surface area contributed by atoms with Gasteiger partial charge < -0.3 is 14.4 Å². The summed E-state index contributed by atoms with van der Waals surface area (Å²) in [6, 6.07) is 11.8. The standard InChI is InChI=1S/C22H26N2O5S/c1-2-16-8-4-5-9-18(16)23-30(26,27)17-10-11-19-20(14-17)28-15-21(29-19)22(25)24-12-6-3-7-13-24/h4-5,8-11,14,21,23H,2-3,6-7,12-13,15H2,1H3/t21-/m1/s1. The predicted molar refractivity (Wildman–Crippen MR) is 113 cm³/mol. The average molecular weight is 431 g/mol. The number of likely N-dealkylation sites (tertiary alicyclic amines) is 1. The smallest absolute Gasteiger partial charge is 0.267 e. The van der Waals surface area contributed by atoms with Crippen LogP contribution in [0.15, 0.2) is 47.4 Å². The minimum absolute atomic E-state index is 0.0674. The number of hydrogen-bond donors (Lipinski definition) is 1. The molecular weight excluding hydrogens is 404 g/mol. The summed E-state index contributed by atoms with van der Waals surface area (Å²) in [7, 11) is -3.79.